The molecule has 12 heteroatoms. The summed E-state index contributed by atoms with van der Waals surface area (Å²) in [6.45, 7) is 4.52. The molecule has 0 radical (unpaired) electrons. The maximum Gasteiger partial charge on any atom is 0.410 e. The van der Waals surface area contributed by atoms with Gasteiger partial charge in [0.15, 0.2) is 5.82 Å². The molecule has 212 valence electrons. The average Bonchev–Trinajstić information content (AvgIpc) is 3.59. The number of nitrogens with zero attached hydrogens (tertiary/aromatic N) is 5. The van der Waals surface area contributed by atoms with E-state index in [1.54, 1.807) is 0 Å². The van der Waals surface area contributed by atoms with Gasteiger partial charge in [0.2, 0.25) is 11.8 Å². The van der Waals surface area contributed by atoms with Crippen molar-refractivity contribution in [2.45, 2.75) is 88.6 Å². The largest absolute Gasteiger partial charge is 0.472 e. The van der Waals surface area contributed by atoms with Gasteiger partial charge in [-0.15, -0.1) is 0 Å². The third-order valence-electron chi connectivity index (χ3n) is 8.29. The molecule has 4 aliphatic rings. The zero-order valence-corrected chi connectivity index (χ0v) is 22.8. The molecule has 2 aromatic heterocycles. The van der Waals surface area contributed by atoms with E-state index < -0.39 is 0 Å². The number of aromatic amines is 1. The van der Waals surface area contributed by atoms with E-state index in [2.05, 4.69) is 20.4 Å². The monoisotopic (exact) mass is 541 g/mol. The summed E-state index contributed by atoms with van der Waals surface area (Å²) in [5.74, 6) is 2.39. The van der Waals surface area contributed by atoms with Crippen molar-refractivity contribution in [3.63, 3.8) is 0 Å². The molecule has 4 atom stereocenters. The number of H-pyrrole nitrogens is 1. The molecule has 0 spiro atoms. The van der Waals surface area contributed by atoms with Crippen LogP contribution in [0.2, 0.25) is 0 Å². The summed E-state index contributed by atoms with van der Waals surface area (Å²) in [5.41, 5.74) is 0.956. The molecule has 4 saturated heterocycles. The van der Waals surface area contributed by atoms with Gasteiger partial charge in [-0.3, -0.25) is 5.10 Å². The maximum absolute atomic E-state index is 13.2. The van der Waals surface area contributed by atoms with E-state index >= 15 is 0 Å². The summed E-state index contributed by atoms with van der Waals surface area (Å²) >= 11 is 0. The molecular weight excluding hydrogens is 502 g/mol. The molecule has 39 heavy (non-hydrogen) atoms. The Kier molecular flexibility index (Phi) is 7.73. The van der Waals surface area contributed by atoms with Gasteiger partial charge in [-0.2, -0.15) is 15.1 Å². The number of anilines is 3. The summed E-state index contributed by atoms with van der Waals surface area (Å²) in [6.07, 6.45) is 6.96. The number of aromatic nitrogens is 4. The molecule has 4 aliphatic heterocycles. The van der Waals surface area contributed by atoms with Crippen molar-refractivity contribution in [2.24, 2.45) is 0 Å². The second-order valence-corrected chi connectivity index (χ2v) is 11.1. The smallest absolute Gasteiger partial charge is 0.410 e. The number of aryl methyl sites for hydroxylation is 1. The van der Waals surface area contributed by atoms with E-state index in [4.69, 9.17) is 28.9 Å². The number of rotatable bonds is 7. The van der Waals surface area contributed by atoms with Crippen molar-refractivity contribution in [3.8, 4) is 5.88 Å². The van der Waals surface area contributed by atoms with Crippen LogP contribution in [0.25, 0.3) is 0 Å². The first kappa shape index (κ1) is 26.1. The van der Waals surface area contributed by atoms with Crippen molar-refractivity contribution in [1.29, 1.82) is 0 Å². The Balaban J connectivity index is 1.18. The minimum Gasteiger partial charge on any atom is -0.472 e. The van der Waals surface area contributed by atoms with Gasteiger partial charge in [0.1, 0.15) is 18.0 Å². The molecule has 1 amide bonds. The number of hydrogen-bond donors (Lipinski definition) is 2. The highest BCUT2D eigenvalue weighted by Crippen LogP contribution is 2.38. The van der Waals surface area contributed by atoms with Gasteiger partial charge < -0.3 is 34.1 Å². The highest BCUT2D eigenvalue weighted by Gasteiger charge is 2.43. The number of amides is 1. The average molecular weight is 542 g/mol. The minimum absolute atomic E-state index is 0.0251. The van der Waals surface area contributed by atoms with Crippen LogP contribution in [0.15, 0.2) is 12.1 Å². The number of nitrogens with one attached hydrogen (secondary N) is 2. The Labute approximate surface area is 228 Å². The minimum atomic E-state index is -0.163. The topological polar surface area (TPSA) is 127 Å². The van der Waals surface area contributed by atoms with Crippen molar-refractivity contribution in [2.75, 3.05) is 43.7 Å². The van der Waals surface area contributed by atoms with Crippen molar-refractivity contribution >= 4 is 23.7 Å². The van der Waals surface area contributed by atoms with Crippen LogP contribution < -0.4 is 15.0 Å². The lowest BCUT2D eigenvalue weighted by atomic mass is 9.81. The molecule has 2 N–H and O–H groups in total. The van der Waals surface area contributed by atoms with Crippen LogP contribution in [0.1, 0.15) is 57.1 Å². The van der Waals surface area contributed by atoms with Gasteiger partial charge >= 0.3 is 6.09 Å². The number of hydrogen-bond acceptors (Lipinski definition) is 10. The molecule has 0 aromatic carbocycles. The van der Waals surface area contributed by atoms with Gasteiger partial charge in [0, 0.05) is 62.3 Å². The Bertz CT molecular complexity index is 1120. The van der Waals surface area contributed by atoms with E-state index in [-0.39, 0.29) is 36.4 Å². The number of fused-ring (bicyclic) bond motifs is 2. The molecule has 12 nitrogen and oxygen atoms in total. The number of carbonyl (C=O) groups is 1. The molecule has 6 rings (SSSR count). The predicted octanol–water partition coefficient (Wildman–Crippen LogP) is 3.56. The van der Waals surface area contributed by atoms with Crippen LogP contribution in [-0.4, -0.2) is 95.0 Å². The van der Waals surface area contributed by atoms with Gasteiger partial charge in [-0.05, 0) is 39.0 Å². The van der Waals surface area contributed by atoms with Crippen molar-refractivity contribution in [3.05, 3.63) is 17.8 Å². The molecule has 6 heterocycles. The van der Waals surface area contributed by atoms with Gasteiger partial charge in [-0.1, -0.05) is 0 Å². The summed E-state index contributed by atoms with van der Waals surface area (Å²) in [7, 11) is 2.04. The standard InChI is InChI=1S/C27H39N7O5/c1-17-12-24(32-31-17)28-23-15-25(38-22-8-11-37-16-22)30-26(29-23)33(2)20-13-18-4-3-5-19(14-20)34(18)27(35)39-21-6-9-36-10-7-21/h12,15,18-22H,3-11,13-14,16H2,1-2H3,(H2,28,29,30,31,32)/t18-,19+,20-,22-/m1/s1. The highest BCUT2D eigenvalue weighted by atomic mass is 16.6. The Morgan fingerprint density at radius 1 is 1.03 bits per heavy atom. The van der Waals surface area contributed by atoms with Crippen LogP contribution in [0, 0.1) is 6.92 Å². The highest BCUT2D eigenvalue weighted by molar-refractivity contribution is 5.69. The fourth-order valence-electron chi connectivity index (χ4n) is 6.21. The first-order valence-electron chi connectivity index (χ1n) is 14.2. The predicted molar refractivity (Wildman–Crippen MR) is 144 cm³/mol. The normalized spacial score (nSPS) is 27.3. The van der Waals surface area contributed by atoms with Crippen LogP contribution >= 0.6 is 0 Å². The SMILES string of the molecule is Cc1cc(Nc2cc(O[C@@H]3CCOC3)nc(N(C)[C@@H]3C[C@H]4CCC[C@@H](C3)N4C(=O)OC3CCOCC3)n2)n[nH]1. The third kappa shape index (κ3) is 6.06. The lowest BCUT2D eigenvalue weighted by Crippen LogP contribution is -2.59. The Morgan fingerprint density at radius 2 is 1.77 bits per heavy atom. The van der Waals surface area contributed by atoms with E-state index in [9.17, 15) is 4.79 Å². The first-order valence-corrected chi connectivity index (χ1v) is 14.2. The zero-order chi connectivity index (χ0) is 26.8. The van der Waals surface area contributed by atoms with Gasteiger partial charge in [0.05, 0.1) is 26.4 Å². The fourth-order valence-corrected chi connectivity index (χ4v) is 6.21. The lowest BCUT2D eigenvalue weighted by Gasteiger charge is -2.50. The molecular formula is C27H39N7O5. The van der Waals surface area contributed by atoms with Crippen LogP contribution in [0.4, 0.5) is 22.4 Å². The molecule has 2 aromatic rings. The van der Waals surface area contributed by atoms with Crippen molar-refractivity contribution in [1.82, 2.24) is 25.1 Å². The van der Waals surface area contributed by atoms with Crippen LogP contribution in [0.5, 0.6) is 5.88 Å². The Hall–Kier alpha value is -3.12. The van der Waals surface area contributed by atoms with Gasteiger partial charge in [0.25, 0.3) is 0 Å². The summed E-state index contributed by atoms with van der Waals surface area (Å²) in [6, 6.07) is 4.23. The zero-order valence-electron chi connectivity index (χ0n) is 22.8. The number of carbonyl (C=O) groups excluding carboxylic acids is 1. The van der Waals surface area contributed by atoms with E-state index in [1.165, 1.54) is 0 Å². The van der Waals surface area contributed by atoms with E-state index in [1.807, 2.05) is 31.0 Å². The van der Waals surface area contributed by atoms with E-state index in [0.717, 1.165) is 57.1 Å². The fraction of sp³-hybridized carbons (Fsp3) is 0.704. The maximum atomic E-state index is 13.2. The second kappa shape index (κ2) is 11.5. The molecule has 0 unspecified atom stereocenters. The number of piperidine rings is 2. The summed E-state index contributed by atoms with van der Waals surface area (Å²) in [5, 5.41) is 10.5. The summed E-state index contributed by atoms with van der Waals surface area (Å²) in [4.78, 5) is 27.0. The quantitative estimate of drug-likeness (QED) is 0.537. The second-order valence-electron chi connectivity index (χ2n) is 11.1. The van der Waals surface area contributed by atoms with Crippen LogP contribution in [-0.2, 0) is 14.2 Å². The summed E-state index contributed by atoms with van der Waals surface area (Å²) < 4.78 is 23.0. The van der Waals surface area contributed by atoms with Crippen LogP contribution in [0.3, 0.4) is 0 Å². The molecule has 2 bridgehead atoms. The first-order chi connectivity index (χ1) is 19.0. The molecule has 4 fully saturated rings. The van der Waals surface area contributed by atoms with E-state index in [0.29, 0.717) is 49.9 Å². The Morgan fingerprint density at radius 3 is 2.46 bits per heavy atom. The lowest BCUT2D eigenvalue weighted by molar-refractivity contribution is -0.0344. The molecule has 0 aliphatic carbocycles. The number of ether oxygens (including phenoxy) is 4. The third-order valence-corrected chi connectivity index (χ3v) is 8.29. The van der Waals surface area contributed by atoms with Gasteiger partial charge in [-0.25, -0.2) is 4.79 Å². The van der Waals surface area contributed by atoms with Crippen molar-refractivity contribution < 1.29 is 23.7 Å². The molecule has 0 saturated carbocycles.